The van der Waals surface area contributed by atoms with Crippen molar-refractivity contribution in [3.63, 3.8) is 0 Å². The summed E-state index contributed by atoms with van der Waals surface area (Å²) in [6, 6.07) is 7.41. The molecule has 68 valence electrons. The van der Waals surface area contributed by atoms with Gasteiger partial charge in [0.1, 0.15) is 6.29 Å². The van der Waals surface area contributed by atoms with Crippen LogP contribution in [0.25, 0.3) is 0 Å². The first-order valence-electron chi connectivity index (χ1n) is 4.02. The Bertz CT molecular complexity index is 303. The molecular formula is C10H11NO2. The summed E-state index contributed by atoms with van der Waals surface area (Å²) >= 11 is 0. The number of rotatable bonds is 3. The molecule has 0 aliphatic carbocycles. The first-order valence-corrected chi connectivity index (χ1v) is 4.02. The van der Waals surface area contributed by atoms with Gasteiger partial charge in [-0.3, -0.25) is 4.79 Å². The summed E-state index contributed by atoms with van der Waals surface area (Å²) < 4.78 is 0. The Morgan fingerprint density at radius 1 is 1.38 bits per heavy atom. The second kappa shape index (κ2) is 4.40. The summed E-state index contributed by atoms with van der Waals surface area (Å²) in [6.07, 6.45) is 0.497. The summed E-state index contributed by atoms with van der Waals surface area (Å²) in [5.74, 6) is -0.279. The fraction of sp³-hybridized carbons (Fsp3) is 0.200. The highest BCUT2D eigenvalue weighted by atomic mass is 16.2. The third-order valence-corrected chi connectivity index (χ3v) is 1.60. The zero-order valence-corrected chi connectivity index (χ0v) is 7.41. The van der Waals surface area contributed by atoms with E-state index in [0.717, 1.165) is 11.3 Å². The van der Waals surface area contributed by atoms with Crippen molar-refractivity contribution in [3.8, 4) is 0 Å². The zero-order chi connectivity index (χ0) is 9.68. The maximum absolute atomic E-state index is 11.0. The van der Waals surface area contributed by atoms with Gasteiger partial charge < -0.3 is 10.1 Å². The maximum atomic E-state index is 11.0. The number of carbonyl (C=O) groups excluding carboxylic acids is 2. The van der Waals surface area contributed by atoms with E-state index >= 15 is 0 Å². The van der Waals surface area contributed by atoms with Crippen LogP contribution >= 0.6 is 0 Å². The van der Waals surface area contributed by atoms with E-state index in [2.05, 4.69) is 5.32 Å². The Kier molecular flexibility index (Phi) is 3.20. The molecule has 0 bridgehead atoms. The van der Waals surface area contributed by atoms with Gasteiger partial charge in [-0.15, -0.1) is 0 Å². The molecule has 0 saturated heterocycles. The Morgan fingerprint density at radius 2 is 2.00 bits per heavy atom. The lowest BCUT2D eigenvalue weighted by atomic mass is 10.2. The van der Waals surface area contributed by atoms with Gasteiger partial charge in [-0.1, -0.05) is 17.7 Å². The average Bonchev–Trinajstić information content (AvgIpc) is 2.09. The highest BCUT2D eigenvalue weighted by Gasteiger charge is 1.99. The topological polar surface area (TPSA) is 46.2 Å². The highest BCUT2D eigenvalue weighted by molar-refractivity contribution is 5.97. The molecule has 0 heterocycles. The predicted octanol–water partition coefficient (Wildman–Crippen LogP) is 1.52. The molecule has 1 aromatic carbocycles. The van der Waals surface area contributed by atoms with Crippen LogP contribution in [0.5, 0.6) is 0 Å². The number of aldehydes is 1. The Labute approximate surface area is 76.8 Å². The molecule has 13 heavy (non-hydrogen) atoms. The van der Waals surface area contributed by atoms with Gasteiger partial charge in [-0.25, -0.2) is 0 Å². The predicted molar refractivity (Wildman–Crippen MR) is 50.5 cm³/mol. The molecule has 1 amide bonds. The van der Waals surface area contributed by atoms with Gasteiger partial charge in [-0.05, 0) is 19.1 Å². The van der Waals surface area contributed by atoms with Crippen LogP contribution in [0.4, 0.5) is 5.69 Å². The van der Waals surface area contributed by atoms with Crippen molar-refractivity contribution in [2.24, 2.45) is 0 Å². The number of carbonyl (C=O) groups is 2. The van der Waals surface area contributed by atoms with Crippen LogP contribution in [0, 0.1) is 6.92 Å². The highest BCUT2D eigenvalue weighted by Crippen LogP contribution is 2.08. The fourth-order valence-corrected chi connectivity index (χ4v) is 0.925. The fourth-order valence-electron chi connectivity index (χ4n) is 0.925. The Morgan fingerprint density at radius 3 is 2.54 bits per heavy atom. The largest absolute Gasteiger partial charge is 0.326 e. The lowest BCUT2D eigenvalue weighted by Crippen LogP contribution is -2.11. The second-order valence-electron chi connectivity index (χ2n) is 2.78. The smallest absolute Gasteiger partial charge is 0.231 e. The maximum Gasteiger partial charge on any atom is 0.231 e. The molecule has 1 rings (SSSR count). The molecule has 0 spiro atoms. The van der Waals surface area contributed by atoms with Gasteiger partial charge in [0.2, 0.25) is 5.91 Å². The molecule has 0 atom stereocenters. The monoisotopic (exact) mass is 177 g/mol. The SMILES string of the molecule is Cc1ccc(NC(=O)CC=O)cc1. The van der Waals surface area contributed by atoms with Crippen LogP contribution in [0.3, 0.4) is 0 Å². The third kappa shape index (κ3) is 3.07. The van der Waals surface area contributed by atoms with Gasteiger partial charge in [0.05, 0.1) is 6.42 Å². The number of hydrogen-bond acceptors (Lipinski definition) is 2. The van der Waals surface area contributed by atoms with E-state index in [1.807, 2.05) is 19.1 Å². The lowest BCUT2D eigenvalue weighted by molar-refractivity contribution is -0.119. The summed E-state index contributed by atoms with van der Waals surface area (Å²) in [6.45, 7) is 1.97. The van der Waals surface area contributed by atoms with Crippen LogP contribution in [-0.2, 0) is 9.59 Å². The molecule has 0 saturated carbocycles. The van der Waals surface area contributed by atoms with Gasteiger partial charge in [0.25, 0.3) is 0 Å². The van der Waals surface area contributed by atoms with Gasteiger partial charge in [0.15, 0.2) is 0 Å². The first-order chi connectivity index (χ1) is 6.22. The van der Waals surface area contributed by atoms with Crippen molar-refractivity contribution in [3.05, 3.63) is 29.8 Å². The molecule has 0 aliphatic rings. The van der Waals surface area contributed by atoms with E-state index in [1.165, 1.54) is 0 Å². The van der Waals surface area contributed by atoms with Gasteiger partial charge in [-0.2, -0.15) is 0 Å². The first kappa shape index (κ1) is 9.45. The molecule has 1 N–H and O–H groups in total. The third-order valence-electron chi connectivity index (χ3n) is 1.60. The molecule has 0 unspecified atom stereocenters. The van der Waals surface area contributed by atoms with E-state index < -0.39 is 0 Å². The van der Waals surface area contributed by atoms with Crippen LogP contribution in [-0.4, -0.2) is 12.2 Å². The van der Waals surface area contributed by atoms with E-state index in [1.54, 1.807) is 12.1 Å². The van der Waals surface area contributed by atoms with Crippen molar-refractivity contribution in [1.82, 2.24) is 0 Å². The normalized spacial score (nSPS) is 9.31. The summed E-state index contributed by atoms with van der Waals surface area (Å²) in [5.41, 5.74) is 1.85. The van der Waals surface area contributed by atoms with Crippen molar-refractivity contribution < 1.29 is 9.59 Å². The zero-order valence-electron chi connectivity index (χ0n) is 7.41. The molecule has 0 aliphatic heterocycles. The van der Waals surface area contributed by atoms with Crippen LogP contribution in [0.2, 0.25) is 0 Å². The number of amides is 1. The van der Waals surface area contributed by atoms with Crippen molar-refractivity contribution in [2.45, 2.75) is 13.3 Å². The summed E-state index contributed by atoms with van der Waals surface area (Å²) in [7, 11) is 0. The van der Waals surface area contributed by atoms with Crippen LogP contribution in [0.15, 0.2) is 24.3 Å². The number of anilines is 1. The van der Waals surface area contributed by atoms with E-state index in [4.69, 9.17) is 0 Å². The van der Waals surface area contributed by atoms with E-state index in [9.17, 15) is 9.59 Å². The standard InChI is InChI=1S/C10H11NO2/c1-8-2-4-9(5-3-8)11-10(13)6-7-12/h2-5,7H,6H2,1H3,(H,11,13). The number of aryl methyl sites for hydroxylation is 1. The summed E-state index contributed by atoms with van der Waals surface area (Å²) in [5, 5.41) is 2.60. The Balaban J connectivity index is 2.59. The molecule has 3 nitrogen and oxygen atoms in total. The minimum Gasteiger partial charge on any atom is -0.326 e. The number of nitrogens with one attached hydrogen (secondary N) is 1. The molecule has 0 aromatic heterocycles. The Hall–Kier alpha value is -1.64. The molecule has 3 heteroatoms. The summed E-state index contributed by atoms with van der Waals surface area (Å²) in [4.78, 5) is 21.0. The number of hydrogen-bond donors (Lipinski definition) is 1. The van der Waals surface area contributed by atoms with Crippen molar-refractivity contribution in [1.29, 1.82) is 0 Å². The van der Waals surface area contributed by atoms with Crippen LogP contribution < -0.4 is 5.32 Å². The van der Waals surface area contributed by atoms with Crippen LogP contribution in [0.1, 0.15) is 12.0 Å². The molecule has 0 fully saturated rings. The molecular weight excluding hydrogens is 166 g/mol. The quantitative estimate of drug-likeness (QED) is 0.562. The molecule has 0 radical (unpaired) electrons. The lowest BCUT2D eigenvalue weighted by Gasteiger charge is -2.02. The average molecular weight is 177 g/mol. The minimum absolute atomic E-state index is 0.0894. The molecule has 1 aromatic rings. The van der Waals surface area contributed by atoms with Gasteiger partial charge >= 0.3 is 0 Å². The van der Waals surface area contributed by atoms with E-state index in [-0.39, 0.29) is 12.3 Å². The number of benzene rings is 1. The second-order valence-corrected chi connectivity index (χ2v) is 2.78. The van der Waals surface area contributed by atoms with Crippen molar-refractivity contribution >= 4 is 17.9 Å². The van der Waals surface area contributed by atoms with E-state index in [0.29, 0.717) is 6.29 Å². The minimum atomic E-state index is -0.279. The van der Waals surface area contributed by atoms with Gasteiger partial charge in [0, 0.05) is 5.69 Å². The van der Waals surface area contributed by atoms with Crippen molar-refractivity contribution in [2.75, 3.05) is 5.32 Å².